The molecule has 2 aliphatic rings. The second-order valence-electron chi connectivity index (χ2n) is 5.72. The number of nitrogens with zero attached hydrogens (tertiary/aromatic N) is 1. The van der Waals surface area contributed by atoms with E-state index in [0.29, 0.717) is 25.6 Å². The number of piperidine rings is 1. The molecule has 4 nitrogen and oxygen atoms in total. The Kier molecular flexibility index (Phi) is 4.78. The van der Waals surface area contributed by atoms with E-state index >= 15 is 0 Å². The van der Waals surface area contributed by atoms with Crippen LogP contribution in [0.5, 0.6) is 0 Å². The molecule has 0 radical (unpaired) electrons. The smallest absolute Gasteiger partial charge is 0.225 e. The van der Waals surface area contributed by atoms with Crippen LogP contribution >= 0.6 is 11.6 Å². The minimum atomic E-state index is -0.0401. The zero-order valence-corrected chi connectivity index (χ0v) is 12.8. The van der Waals surface area contributed by atoms with Gasteiger partial charge in [0, 0.05) is 17.5 Å². The van der Waals surface area contributed by atoms with Crippen LogP contribution in [-0.4, -0.2) is 43.6 Å². The molecule has 2 aliphatic heterocycles. The molecule has 2 saturated heterocycles. The molecular formula is C16H21ClN2O2. The number of hydrogen-bond donors (Lipinski definition) is 1. The Labute approximate surface area is 130 Å². The number of rotatable bonds is 2. The van der Waals surface area contributed by atoms with Crippen LogP contribution in [0.1, 0.15) is 24.5 Å². The van der Waals surface area contributed by atoms with Gasteiger partial charge in [-0.1, -0.05) is 23.7 Å². The molecule has 2 fully saturated rings. The normalized spacial score (nSPS) is 24.0. The van der Waals surface area contributed by atoms with Gasteiger partial charge < -0.3 is 15.0 Å². The molecule has 1 amide bonds. The molecule has 1 unspecified atom stereocenters. The van der Waals surface area contributed by atoms with Crippen LogP contribution in [0.25, 0.3) is 0 Å². The summed E-state index contributed by atoms with van der Waals surface area (Å²) in [6.45, 7) is 3.84. The van der Waals surface area contributed by atoms with Gasteiger partial charge in [-0.15, -0.1) is 0 Å². The Bertz CT molecular complexity index is 486. The lowest BCUT2D eigenvalue weighted by molar-refractivity contribution is -0.144. The summed E-state index contributed by atoms with van der Waals surface area (Å²) in [6, 6.07) is 7.69. The quantitative estimate of drug-likeness (QED) is 0.911. The Morgan fingerprint density at radius 1 is 1.24 bits per heavy atom. The van der Waals surface area contributed by atoms with Crippen molar-refractivity contribution in [2.24, 2.45) is 5.92 Å². The van der Waals surface area contributed by atoms with Gasteiger partial charge in [0.25, 0.3) is 0 Å². The van der Waals surface area contributed by atoms with E-state index in [-0.39, 0.29) is 12.0 Å². The van der Waals surface area contributed by atoms with Gasteiger partial charge in [0.2, 0.25) is 5.91 Å². The minimum Gasteiger partial charge on any atom is -0.370 e. The predicted molar refractivity (Wildman–Crippen MR) is 82.3 cm³/mol. The monoisotopic (exact) mass is 308 g/mol. The maximum Gasteiger partial charge on any atom is 0.225 e. The molecule has 2 heterocycles. The van der Waals surface area contributed by atoms with Crippen LogP contribution < -0.4 is 5.32 Å². The highest BCUT2D eigenvalue weighted by Crippen LogP contribution is 2.25. The first-order valence-corrected chi connectivity index (χ1v) is 7.98. The van der Waals surface area contributed by atoms with Crippen molar-refractivity contribution < 1.29 is 9.53 Å². The van der Waals surface area contributed by atoms with E-state index < -0.39 is 0 Å². The van der Waals surface area contributed by atoms with E-state index in [2.05, 4.69) is 5.32 Å². The minimum absolute atomic E-state index is 0.0401. The van der Waals surface area contributed by atoms with Gasteiger partial charge in [-0.2, -0.15) is 0 Å². The lowest BCUT2D eigenvalue weighted by Crippen LogP contribution is -2.47. The molecule has 1 aromatic rings. The summed E-state index contributed by atoms with van der Waals surface area (Å²) in [5.41, 5.74) is 1.09. The highest BCUT2D eigenvalue weighted by molar-refractivity contribution is 6.30. The van der Waals surface area contributed by atoms with Crippen LogP contribution in [0.15, 0.2) is 24.3 Å². The molecule has 1 N–H and O–H groups in total. The Morgan fingerprint density at radius 2 is 1.95 bits per heavy atom. The second kappa shape index (κ2) is 6.77. The molecule has 3 rings (SSSR count). The average Bonchev–Trinajstić information content (AvgIpc) is 2.56. The number of hydrogen-bond acceptors (Lipinski definition) is 3. The summed E-state index contributed by atoms with van der Waals surface area (Å²) >= 11 is 5.92. The molecule has 0 saturated carbocycles. The van der Waals surface area contributed by atoms with Gasteiger partial charge in [-0.25, -0.2) is 0 Å². The summed E-state index contributed by atoms with van der Waals surface area (Å²) in [4.78, 5) is 14.6. The first-order valence-electron chi connectivity index (χ1n) is 7.60. The second-order valence-corrected chi connectivity index (χ2v) is 6.16. The van der Waals surface area contributed by atoms with Crippen molar-refractivity contribution in [3.63, 3.8) is 0 Å². The van der Waals surface area contributed by atoms with Crippen molar-refractivity contribution in [1.82, 2.24) is 10.2 Å². The fourth-order valence-corrected chi connectivity index (χ4v) is 3.18. The topological polar surface area (TPSA) is 41.6 Å². The molecule has 0 spiro atoms. The maximum absolute atomic E-state index is 12.6. The summed E-state index contributed by atoms with van der Waals surface area (Å²) in [5, 5.41) is 4.02. The third-order valence-electron chi connectivity index (χ3n) is 4.31. The Hall–Kier alpha value is -1.10. The molecule has 1 atom stereocenters. The molecule has 0 aromatic heterocycles. The highest BCUT2D eigenvalue weighted by atomic mass is 35.5. The average molecular weight is 309 g/mol. The molecule has 1 aromatic carbocycles. The van der Waals surface area contributed by atoms with Crippen LogP contribution in [0.4, 0.5) is 0 Å². The fourth-order valence-electron chi connectivity index (χ4n) is 3.06. The van der Waals surface area contributed by atoms with Crippen molar-refractivity contribution in [2.75, 3.05) is 32.8 Å². The highest BCUT2D eigenvalue weighted by Gasteiger charge is 2.30. The molecule has 21 heavy (non-hydrogen) atoms. The van der Waals surface area contributed by atoms with Gasteiger partial charge in [0.1, 0.15) is 6.10 Å². The van der Waals surface area contributed by atoms with Crippen molar-refractivity contribution in [3.8, 4) is 0 Å². The van der Waals surface area contributed by atoms with E-state index in [1.807, 2.05) is 29.2 Å². The van der Waals surface area contributed by atoms with E-state index in [9.17, 15) is 4.79 Å². The zero-order valence-electron chi connectivity index (χ0n) is 12.1. The first kappa shape index (κ1) is 14.8. The number of benzene rings is 1. The Balaban J connectivity index is 1.64. The Morgan fingerprint density at radius 3 is 2.67 bits per heavy atom. The van der Waals surface area contributed by atoms with E-state index in [0.717, 1.165) is 36.5 Å². The number of ether oxygens (including phenoxy) is 1. The van der Waals surface area contributed by atoms with E-state index in [4.69, 9.17) is 16.3 Å². The van der Waals surface area contributed by atoms with Crippen LogP contribution in [-0.2, 0) is 9.53 Å². The third-order valence-corrected chi connectivity index (χ3v) is 4.56. The summed E-state index contributed by atoms with van der Waals surface area (Å²) < 4.78 is 5.82. The number of halogens is 1. The lowest BCUT2D eigenvalue weighted by Gasteiger charge is -2.36. The summed E-state index contributed by atoms with van der Waals surface area (Å²) in [5.74, 6) is 0.467. The number of morpholine rings is 1. The van der Waals surface area contributed by atoms with Crippen molar-refractivity contribution in [1.29, 1.82) is 0 Å². The van der Waals surface area contributed by atoms with Gasteiger partial charge in [-0.3, -0.25) is 4.79 Å². The first-order chi connectivity index (χ1) is 10.2. The predicted octanol–water partition coefficient (Wildman–Crippen LogP) is 2.24. The molecule has 114 valence electrons. The number of amides is 1. The number of nitrogens with one attached hydrogen (secondary N) is 1. The van der Waals surface area contributed by atoms with Crippen LogP contribution in [0.2, 0.25) is 5.02 Å². The van der Waals surface area contributed by atoms with Crippen molar-refractivity contribution >= 4 is 17.5 Å². The SMILES string of the molecule is O=C(C1CCNCC1)N1CCOC(c2ccc(Cl)cc2)C1. The van der Waals surface area contributed by atoms with Gasteiger partial charge in [0.05, 0.1) is 13.2 Å². The lowest BCUT2D eigenvalue weighted by atomic mass is 9.96. The van der Waals surface area contributed by atoms with E-state index in [1.54, 1.807) is 0 Å². The standard InChI is InChI=1S/C16H21ClN2O2/c17-14-3-1-12(2-4-14)15-11-19(9-10-21-15)16(20)13-5-7-18-8-6-13/h1-4,13,15,18H,5-11H2. The van der Waals surface area contributed by atoms with Gasteiger partial charge >= 0.3 is 0 Å². The van der Waals surface area contributed by atoms with E-state index in [1.165, 1.54) is 0 Å². The van der Waals surface area contributed by atoms with Crippen molar-refractivity contribution in [2.45, 2.75) is 18.9 Å². The zero-order chi connectivity index (χ0) is 14.7. The number of carbonyl (C=O) groups is 1. The van der Waals surface area contributed by atoms with Crippen LogP contribution in [0, 0.1) is 5.92 Å². The van der Waals surface area contributed by atoms with Crippen LogP contribution in [0.3, 0.4) is 0 Å². The number of carbonyl (C=O) groups excluding carboxylic acids is 1. The summed E-state index contributed by atoms with van der Waals surface area (Å²) in [6.07, 6.45) is 1.85. The molecule has 0 aliphatic carbocycles. The fraction of sp³-hybridized carbons (Fsp3) is 0.562. The largest absolute Gasteiger partial charge is 0.370 e. The third kappa shape index (κ3) is 3.57. The van der Waals surface area contributed by atoms with Gasteiger partial charge in [-0.05, 0) is 43.6 Å². The molecule has 0 bridgehead atoms. The van der Waals surface area contributed by atoms with Crippen molar-refractivity contribution in [3.05, 3.63) is 34.9 Å². The van der Waals surface area contributed by atoms with Gasteiger partial charge in [0.15, 0.2) is 0 Å². The maximum atomic E-state index is 12.6. The molecular weight excluding hydrogens is 288 g/mol. The summed E-state index contributed by atoms with van der Waals surface area (Å²) in [7, 11) is 0. The molecule has 5 heteroatoms.